The van der Waals surface area contributed by atoms with Crippen molar-refractivity contribution in [3.8, 4) is 0 Å². The molecule has 1 heterocycles. The average Bonchev–Trinajstić information content (AvgIpc) is 3.14. The molecule has 9 nitrogen and oxygen atoms in total. The van der Waals surface area contributed by atoms with Crippen LogP contribution in [0.1, 0.15) is 39.0 Å². The number of carbonyl (C=O) groups is 2. The van der Waals surface area contributed by atoms with Crippen LogP contribution in [-0.2, 0) is 26.0 Å². The smallest absolute Gasteiger partial charge is 0.408 e. The van der Waals surface area contributed by atoms with Gasteiger partial charge in [-0.05, 0) is 53.0 Å². The molecule has 168 valence electrons. The van der Waals surface area contributed by atoms with E-state index in [2.05, 4.69) is 15.6 Å². The Labute approximate surface area is 182 Å². The monoisotopic (exact) mass is 448 g/mol. The lowest BCUT2D eigenvalue weighted by Crippen LogP contribution is -2.48. The zero-order valence-electron chi connectivity index (χ0n) is 18.2. The number of amides is 2. The number of rotatable bonds is 7. The van der Waals surface area contributed by atoms with E-state index in [-0.39, 0.29) is 11.3 Å². The van der Waals surface area contributed by atoms with Crippen molar-refractivity contribution in [2.45, 2.75) is 57.6 Å². The van der Waals surface area contributed by atoms with Crippen LogP contribution in [0.4, 0.5) is 4.79 Å². The topological polar surface area (TPSA) is 119 Å². The Balaban J connectivity index is 2.22. The minimum Gasteiger partial charge on any atom is -0.444 e. The van der Waals surface area contributed by atoms with Crippen molar-refractivity contribution in [2.75, 3.05) is 0 Å². The number of aromatic nitrogens is 2. The molecule has 0 saturated heterocycles. The molecule has 0 saturated carbocycles. The number of hydrogen-bond acceptors (Lipinski definition) is 6. The van der Waals surface area contributed by atoms with E-state index in [9.17, 15) is 18.0 Å². The lowest BCUT2D eigenvalue weighted by atomic mass is 10.1. The normalized spacial score (nSPS) is 13.1. The van der Waals surface area contributed by atoms with Gasteiger partial charge in [0.2, 0.25) is 5.91 Å². The van der Waals surface area contributed by atoms with E-state index in [0.717, 1.165) is 9.54 Å². The largest absolute Gasteiger partial charge is 0.444 e. The van der Waals surface area contributed by atoms with E-state index in [1.54, 1.807) is 45.9 Å². The number of nitrogens with one attached hydrogen (secondary N) is 2. The van der Waals surface area contributed by atoms with Gasteiger partial charge in [0.1, 0.15) is 18.0 Å². The third-order valence-electron chi connectivity index (χ3n) is 4.02. The molecule has 2 rings (SSSR count). The highest BCUT2D eigenvalue weighted by atomic mass is 32.2. The predicted molar refractivity (Wildman–Crippen MR) is 116 cm³/mol. The maximum absolute atomic E-state index is 12.8. The van der Waals surface area contributed by atoms with E-state index < -0.39 is 33.7 Å². The molecule has 10 heteroatoms. The molecule has 2 N–H and O–H groups in total. The minimum absolute atomic E-state index is 0.0287. The summed E-state index contributed by atoms with van der Waals surface area (Å²) in [5.74, 6) is -0.486. The number of aryl methyl sites for hydroxylation is 1. The van der Waals surface area contributed by atoms with Crippen LogP contribution in [-0.4, -0.2) is 41.0 Å². The van der Waals surface area contributed by atoms with E-state index in [1.165, 1.54) is 30.9 Å². The fourth-order valence-electron chi connectivity index (χ4n) is 2.55. The number of carbonyl (C=O) groups excluding carboxylic acids is 2. The molecule has 0 bridgehead atoms. The fraction of sp³-hybridized carbons (Fsp3) is 0.381. The summed E-state index contributed by atoms with van der Waals surface area (Å²) in [5.41, 5.74) is 0.513. The average molecular weight is 449 g/mol. The van der Waals surface area contributed by atoms with Crippen LogP contribution in [0.25, 0.3) is 0 Å². The highest BCUT2D eigenvalue weighted by Gasteiger charge is 2.26. The third-order valence-corrected chi connectivity index (χ3v) is 5.65. The van der Waals surface area contributed by atoms with Crippen molar-refractivity contribution >= 4 is 22.0 Å². The number of alkyl carbamates (subject to hydrolysis) is 1. The first kappa shape index (κ1) is 24.1. The van der Waals surface area contributed by atoms with Crippen molar-refractivity contribution in [3.05, 3.63) is 60.3 Å². The summed E-state index contributed by atoms with van der Waals surface area (Å²) in [6.45, 7) is 8.72. The lowest BCUT2D eigenvalue weighted by molar-refractivity contribution is -0.122. The first-order valence-electron chi connectivity index (χ1n) is 9.68. The molecule has 1 aromatic carbocycles. The van der Waals surface area contributed by atoms with Crippen LogP contribution < -0.4 is 10.6 Å². The first-order chi connectivity index (χ1) is 14.4. The molecule has 2 amide bonds. The summed E-state index contributed by atoms with van der Waals surface area (Å²) in [6, 6.07) is 5.42. The van der Waals surface area contributed by atoms with Gasteiger partial charge >= 0.3 is 6.09 Å². The second-order valence-electron chi connectivity index (χ2n) is 7.92. The summed E-state index contributed by atoms with van der Waals surface area (Å²) in [6.07, 6.45) is 4.76. The van der Waals surface area contributed by atoms with Crippen LogP contribution in [0.5, 0.6) is 0 Å². The van der Waals surface area contributed by atoms with Gasteiger partial charge in [0, 0.05) is 12.6 Å². The lowest BCUT2D eigenvalue weighted by Gasteiger charge is -2.22. The van der Waals surface area contributed by atoms with E-state index in [4.69, 9.17) is 4.74 Å². The molecular weight excluding hydrogens is 420 g/mol. The molecule has 1 aromatic heterocycles. The van der Waals surface area contributed by atoms with E-state index in [1.807, 2.05) is 6.92 Å². The van der Waals surface area contributed by atoms with Crippen molar-refractivity contribution in [1.29, 1.82) is 0 Å². The second kappa shape index (κ2) is 9.78. The van der Waals surface area contributed by atoms with Gasteiger partial charge in [0.15, 0.2) is 0 Å². The predicted octanol–water partition coefficient (Wildman–Crippen LogP) is 2.51. The number of allylic oxidation sites excluding steroid dienone is 1. The molecule has 0 aliphatic carbocycles. The van der Waals surface area contributed by atoms with Gasteiger partial charge in [0.25, 0.3) is 10.0 Å². The molecule has 31 heavy (non-hydrogen) atoms. The molecule has 0 radical (unpaired) electrons. The SMILES string of the molecule is C/C=C/NC(=O)[C@H](Cc1cn(S(=O)(=O)c2ccc(C)cc2)cn1)NC(=O)OC(C)(C)C. The molecule has 0 aliphatic heterocycles. The maximum atomic E-state index is 12.8. The molecule has 1 atom stereocenters. The van der Waals surface area contributed by atoms with Gasteiger partial charge < -0.3 is 15.4 Å². The zero-order valence-corrected chi connectivity index (χ0v) is 19.1. The van der Waals surface area contributed by atoms with Gasteiger partial charge in [-0.25, -0.2) is 22.2 Å². The first-order valence-corrected chi connectivity index (χ1v) is 11.1. The van der Waals surface area contributed by atoms with E-state index >= 15 is 0 Å². The maximum Gasteiger partial charge on any atom is 0.408 e. The minimum atomic E-state index is -3.82. The zero-order chi connectivity index (χ0) is 23.2. The Morgan fingerprint density at radius 1 is 1.23 bits per heavy atom. The van der Waals surface area contributed by atoms with Crippen molar-refractivity contribution in [2.24, 2.45) is 0 Å². The van der Waals surface area contributed by atoms with Crippen molar-refractivity contribution < 1.29 is 22.7 Å². The molecule has 0 unspecified atom stereocenters. The number of hydrogen-bond donors (Lipinski definition) is 2. The van der Waals surface area contributed by atoms with Crippen LogP contribution in [0, 0.1) is 6.92 Å². The van der Waals surface area contributed by atoms with Crippen molar-refractivity contribution in [1.82, 2.24) is 19.6 Å². The fourth-order valence-corrected chi connectivity index (χ4v) is 3.70. The Morgan fingerprint density at radius 3 is 2.45 bits per heavy atom. The van der Waals surface area contributed by atoms with Gasteiger partial charge in [0.05, 0.1) is 10.6 Å². The highest BCUT2D eigenvalue weighted by molar-refractivity contribution is 7.90. The Kier molecular flexibility index (Phi) is 7.61. The molecule has 0 spiro atoms. The van der Waals surface area contributed by atoms with Gasteiger partial charge in [-0.1, -0.05) is 23.8 Å². The molecule has 0 fully saturated rings. The van der Waals surface area contributed by atoms with Crippen molar-refractivity contribution in [3.63, 3.8) is 0 Å². The quantitative estimate of drug-likeness (QED) is 0.672. The number of benzene rings is 1. The summed E-state index contributed by atoms with van der Waals surface area (Å²) in [7, 11) is -3.82. The highest BCUT2D eigenvalue weighted by Crippen LogP contribution is 2.15. The standard InChI is InChI=1S/C21H28N4O5S/c1-6-11-22-19(26)18(24-20(27)30-21(3,4)5)12-16-13-25(14-23-16)31(28,29)17-9-7-15(2)8-10-17/h6-11,13-14,18H,12H2,1-5H3,(H,22,26)(H,24,27)/b11-6+/t18-/m0/s1. The molecule has 2 aromatic rings. The summed E-state index contributed by atoms with van der Waals surface area (Å²) >= 11 is 0. The Hall–Kier alpha value is -3.14. The second-order valence-corrected chi connectivity index (χ2v) is 9.77. The Morgan fingerprint density at radius 2 is 1.87 bits per heavy atom. The van der Waals surface area contributed by atoms with Crippen LogP contribution in [0.2, 0.25) is 0 Å². The van der Waals surface area contributed by atoms with Crippen LogP contribution >= 0.6 is 0 Å². The van der Waals surface area contributed by atoms with Gasteiger partial charge in [-0.15, -0.1) is 0 Å². The van der Waals surface area contributed by atoms with Gasteiger partial charge in [-0.3, -0.25) is 4.79 Å². The van der Waals surface area contributed by atoms with Crippen LogP contribution in [0.3, 0.4) is 0 Å². The third kappa shape index (κ3) is 6.95. The Bertz CT molecular complexity index is 1050. The number of imidazole rings is 1. The summed E-state index contributed by atoms with van der Waals surface area (Å²) in [4.78, 5) is 28.9. The number of ether oxygens (including phenoxy) is 1. The summed E-state index contributed by atoms with van der Waals surface area (Å²) in [5, 5.41) is 5.06. The van der Waals surface area contributed by atoms with E-state index in [0.29, 0.717) is 5.69 Å². The molecular formula is C21H28N4O5S. The van der Waals surface area contributed by atoms with Crippen LogP contribution in [0.15, 0.2) is 54.0 Å². The van der Waals surface area contributed by atoms with Gasteiger partial charge in [-0.2, -0.15) is 0 Å². The molecule has 0 aliphatic rings. The summed E-state index contributed by atoms with van der Waals surface area (Å²) < 4.78 is 31.8. The number of nitrogens with zero attached hydrogens (tertiary/aromatic N) is 2.